The van der Waals surface area contributed by atoms with Crippen LogP contribution in [0.5, 0.6) is 0 Å². The number of nitrogens with zero attached hydrogens (tertiary/aromatic N) is 1. The molecule has 1 atom stereocenters. The Morgan fingerprint density at radius 3 is 2.64 bits per heavy atom. The van der Waals surface area contributed by atoms with Gasteiger partial charge in [0, 0.05) is 12.1 Å². The lowest BCUT2D eigenvalue weighted by Crippen LogP contribution is -2.47. The molecule has 1 heterocycles. The summed E-state index contributed by atoms with van der Waals surface area (Å²) in [6.45, 7) is 4.70. The maximum Gasteiger partial charge on any atom is 0.0328 e. The summed E-state index contributed by atoms with van der Waals surface area (Å²) in [7, 11) is 4.29. The Hall–Kier alpha value is -0.0800. The van der Waals surface area contributed by atoms with Gasteiger partial charge in [0.2, 0.25) is 0 Å². The summed E-state index contributed by atoms with van der Waals surface area (Å²) >= 11 is 0. The average Bonchev–Trinajstić information content (AvgIpc) is 2.35. The summed E-state index contributed by atoms with van der Waals surface area (Å²) in [4.78, 5) is 2.50. The van der Waals surface area contributed by atoms with E-state index in [1.165, 1.54) is 25.8 Å². The fraction of sp³-hybridized carbons (Fsp3) is 1.00. The molecule has 2 heteroatoms. The molecule has 1 N–H and O–H groups in total. The number of rotatable bonds is 3. The molecule has 1 rings (SSSR count). The molecular weight excluding hydrogens is 136 g/mol. The van der Waals surface area contributed by atoms with E-state index in [0.717, 1.165) is 6.54 Å². The molecule has 66 valence electrons. The average molecular weight is 156 g/mol. The number of likely N-dealkylation sites (N-methyl/N-ethyl adjacent to an activating group) is 2. The molecule has 0 aromatic heterocycles. The second kappa shape index (κ2) is 3.55. The summed E-state index contributed by atoms with van der Waals surface area (Å²) < 4.78 is 0. The quantitative estimate of drug-likeness (QED) is 0.658. The van der Waals surface area contributed by atoms with Crippen LogP contribution < -0.4 is 5.32 Å². The van der Waals surface area contributed by atoms with Gasteiger partial charge in [-0.1, -0.05) is 6.92 Å². The van der Waals surface area contributed by atoms with Gasteiger partial charge in [-0.3, -0.25) is 4.90 Å². The van der Waals surface area contributed by atoms with Crippen molar-refractivity contribution in [2.45, 2.75) is 31.7 Å². The predicted molar refractivity (Wildman–Crippen MR) is 48.8 cm³/mol. The Kier molecular flexibility index (Phi) is 2.90. The van der Waals surface area contributed by atoms with Crippen LogP contribution in [0.2, 0.25) is 0 Å². The molecule has 2 nitrogen and oxygen atoms in total. The van der Waals surface area contributed by atoms with Gasteiger partial charge >= 0.3 is 0 Å². The summed E-state index contributed by atoms with van der Waals surface area (Å²) in [6.07, 6.45) is 4.00. The van der Waals surface area contributed by atoms with Crippen molar-refractivity contribution in [3.63, 3.8) is 0 Å². The van der Waals surface area contributed by atoms with Crippen molar-refractivity contribution in [1.82, 2.24) is 10.2 Å². The minimum atomic E-state index is 0.467. The van der Waals surface area contributed by atoms with Gasteiger partial charge in [-0.05, 0) is 39.9 Å². The van der Waals surface area contributed by atoms with E-state index < -0.39 is 0 Å². The predicted octanol–water partition coefficient (Wildman–Crippen LogP) is 1.08. The first kappa shape index (κ1) is 9.01. The minimum Gasteiger partial charge on any atom is -0.318 e. The molecule has 1 saturated heterocycles. The maximum atomic E-state index is 3.29. The molecule has 0 aliphatic carbocycles. The van der Waals surface area contributed by atoms with Gasteiger partial charge in [0.1, 0.15) is 0 Å². The van der Waals surface area contributed by atoms with E-state index in [1.54, 1.807) is 0 Å². The van der Waals surface area contributed by atoms with Crippen molar-refractivity contribution in [1.29, 1.82) is 0 Å². The third kappa shape index (κ3) is 1.57. The van der Waals surface area contributed by atoms with Crippen LogP contribution in [-0.2, 0) is 0 Å². The van der Waals surface area contributed by atoms with Crippen molar-refractivity contribution < 1.29 is 0 Å². The molecule has 0 amide bonds. The largest absolute Gasteiger partial charge is 0.318 e. The van der Waals surface area contributed by atoms with E-state index in [0.29, 0.717) is 5.54 Å². The second-order valence-corrected chi connectivity index (χ2v) is 3.63. The highest BCUT2D eigenvalue weighted by Crippen LogP contribution is 2.29. The molecule has 1 unspecified atom stereocenters. The van der Waals surface area contributed by atoms with Gasteiger partial charge in [-0.25, -0.2) is 0 Å². The minimum absolute atomic E-state index is 0.467. The topological polar surface area (TPSA) is 15.3 Å². The first-order valence-corrected chi connectivity index (χ1v) is 4.61. The smallest absolute Gasteiger partial charge is 0.0328 e. The highest BCUT2D eigenvalue weighted by Gasteiger charge is 2.35. The third-order valence-corrected chi connectivity index (χ3v) is 3.11. The lowest BCUT2D eigenvalue weighted by atomic mass is 9.93. The molecule has 0 saturated carbocycles. The Bertz CT molecular complexity index is 125. The highest BCUT2D eigenvalue weighted by molar-refractivity contribution is 4.94. The molecule has 1 fully saturated rings. The van der Waals surface area contributed by atoms with E-state index >= 15 is 0 Å². The first-order chi connectivity index (χ1) is 5.25. The number of hydrogen-bond acceptors (Lipinski definition) is 2. The number of hydrogen-bond donors (Lipinski definition) is 1. The van der Waals surface area contributed by atoms with Crippen molar-refractivity contribution in [3.05, 3.63) is 0 Å². The lowest BCUT2D eigenvalue weighted by Gasteiger charge is -2.35. The zero-order valence-corrected chi connectivity index (χ0v) is 7.98. The van der Waals surface area contributed by atoms with Crippen molar-refractivity contribution >= 4 is 0 Å². The van der Waals surface area contributed by atoms with Crippen LogP contribution in [0.4, 0.5) is 0 Å². The fourth-order valence-corrected chi connectivity index (χ4v) is 2.20. The second-order valence-electron chi connectivity index (χ2n) is 3.63. The zero-order valence-electron chi connectivity index (χ0n) is 7.98. The van der Waals surface area contributed by atoms with Crippen LogP contribution in [0.15, 0.2) is 0 Å². The highest BCUT2D eigenvalue weighted by atomic mass is 15.2. The van der Waals surface area contributed by atoms with Crippen molar-refractivity contribution in [3.8, 4) is 0 Å². The molecule has 0 radical (unpaired) electrons. The van der Waals surface area contributed by atoms with Crippen LogP contribution >= 0.6 is 0 Å². The van der Waals surface area contributed by atoms with E-state index in [9.17, 15) is 0 Å². The lowest BCUT2D eigenvalue weighted by molar-refractivity contribution is 0.166. The number of nitrogens with one attached hydrogen (secondary N) is 1. The van der Waals surface area contributed by atoms with Crippen LogP contribution in [-0.4, -0.2) is 37.6 Å². The molecular formula is C9H20N2. The molecule has 1 aliphatic rings. The Morgan fingerprint density at radius 1 is 1.55 bits per heavy atom. The van der Waals surface area contributed by atoms with Crippen LogP contribution in [0.1, 0.15) is 26.2 Å². The van der Waals surface area contributed by atoms with Gasteiger partial charge in [-0.15, -0.1) is 0 Å². The maximum absolute atomic E-state index is 3.29. The Labute approximate surface area is 70.0 Å². The molecule has 0 bridgehead atoms. The van der Waals surface area contributed by atoms with E-state index in [2.05, 4.69) is 24.2 Å². The summed E-state index contributed by atoms with van der Waals surface area (Å²) in [5.74, 6) is 0. The standard InChI is InChI=1S/C9H20N2/c1-4-9(8-10-2)6-5-7-11(9)3/h10H,4-8H2,1-3H3. The van der Waals surface area contributed by atoms with Crippen molar-refractivity contribution in [2.24, 2.45) is 0 Å². The van der Waals surface area contributed by atoms with E-state index in [-0.39, 0.29) is 0 Å². The van der Waals surface area contributed by atoms with Gasteiger partial charge < -0.3 is 5.32 Å². The Morgan fingerprint density at radius 2 is 2.27 bits per heavy atom. The normalized spacial score (nSPS) is 33.0. The monoisotopic (exact) mass is 156 g/mol. The zero-order chi connectivity index (χ0) is 8.32. The molecule has 11 heavy (non-hydrogen) atoms. The summed E-state index contributed by atoms with van der Waals surface area (Å²) in [5.41, 5.74) is 0.467. The van der Waals surface area contributed by atoms with Gasteiger partial charge in [-0.2, -0.15) is 0 Å². The van der Waals surface area contributed by atoms with Crippen LogP contribution in [0.3, 0.4) is 0 Å². The third-order valence-electron chi connectivity index (χ3n) is 3.11. The summed E-state index contributed by atoms with van der Waals surface area (Å²) in [6, 6.07) is 0. The molecule has 0 aromatic carbocycles. The summed E-state index contributed by atoms with van der Waals surface area (Å²) in [5, 5.41) is 3.29. The van der Waals surface area contributed by atoms with Crippen LogP contribution in [0.25, 0.3) is 0 Å². The first-order valence-electron chi connectivity index (χ1n) is 4.61. The van der Waals surface area contributed by atoms with Crippen molar-refractivity contribution in [2.75, 3.05) is 27.2 Å². The molecule has 1 aliphatic heterocycles. The van der Waals surface area contributed by atoms with E-state index in [4.69, 9.17) is 0 Å². The molecule has 0 aromatic rings. The van der Waals surface area contributed by atoms with Gasteiger partial charge in [0.05, 0.1) is 0 Å². The van der Waals surface area contributed by atoms with Gasteiger partial charge in [0.25, 0.3) is 0 Å². The van der Waals surface area contributed by atoms with Crippen LogP contribution in [0, 0.1) is 0 Å². The van der Waals surface area contributed by atoms with Gasteiger partial charge in [0.15, 0.2) is 0 Å². The van der Waals surface area contributed by atoms with E-state index in [1.807, 2.05) is 7.05 Å². The molecule has 0 spiro atoms. The Balaban J connectivity index is 2.57. The number of likely N-dealkylation sites (tertiary alicyclic amines) is 1. The fourth-order valence-electron chi connectivity index (χ4n) is 2.20. The SMILES string of the molecule is CCC1(CNC)CCCN1C.